The third-order valence-corrected chi connectivity index (χ3v) is 4.12. The first kappa shape index (κ1) is 14.5. The molecule has 1 unspecified atom stereocenters. The summed E-state index contributed by atoms with van der Waals surface area (Å²) in [5.74, 6) is -0.132. The number of halogens is 1. The number of nitrogens with two attached hydrogens (primary N) is 1. The van der Waals surface area contributed by atoms with Crippen molar-refractivity contribution in [1.82, 2.24) is 4.90 Å². The van der Waals surface area contributed by atoms with Crippen molar-refractivity contribution >= 4 is 0 Å². The van der Waals surface area contributed by atoms with Gasteiger partial charge in [-0.25, -0.2) is 4.39 Å². The van der Waals surface area contributed by atoms with Gasteiger partial charge in [0.15, 0.2) is 0 Å². The molecule has 0 bridgehead atoms. The average Bonchev–Trinajstić information content (AvgIpc) is 2.36. The Labute approximate surface area is 115 Å². The van der Waals surface area contributed by atoms with E-state index in [9.17, 15) is 4.39 Å². The molecule has 0 spiro atoms. The van der Waals surface area contributed by atoms with Gasteiger partial charge in [-0.2, -0.15) is 0 Å². The summed E-state index contributed by atoms with van der Waals surface area (Å²) in [5.41, 5.74) is 7.84. The topological polar surface area (TPSA) is 29.3 Å². The van der Waals surface area contributed by atoms with E-state index in [1.165, 1.54) is 32.1 Å². The SMILES string of the molecule is Cc1cc(C(CN)N2CCCCCCC2)ccc1F. The second-order valence-corrected chi connectivity index (χ2v) is 5.56. The van der Waals surface area contributed by atoms with E-state index >= 15 is 0 Å². The maximum atomic E-state index is 13.4. The molecule has 1 fully saturated rings. The number of likely N-dealkylation sites (tertiary alicyclic amines) is 1. The van der Waals surface area contributed by atoms with Crippen LogP contribution in [0.5, 0.6) is 0 Å². The largest absolute Gasteiger partial charge is 0.329 e. The highest BCUT2D eigenvalue weighted by Gasteiger charge is 2.20. The Balaban J connectivity index is 2.14. The van der Waals surface area contributed by atoms with Crippen LogP contribution in [0.3, 0.4) is 0 Å². The normalized spacial score (nSPS) is 19.7. The highest BCUT2D eigenvalue weighted by Crippen LogP contribution is 2.24. The van der Waals surface area contributed by atoms with Gasteiger partial charge >= 0.3 is 0 Å². The summed E-state index contributed by atoms with van der Waals surface area (Å²) in [5, 5.41) is 0. The minimum atomic E-state index is -0.132. The highest BCUT2D eigenvalue weighted by atomic mass is 19.1. The van der Waals surface area contributed by atoms with Crippen LogP contribution in [0.25, 0.3) is 0 Å². The molecule has 1 aliphatic heterocycles. The second-order valence-electron chi connectivity index (χ2n) is 5.56. The molecule has 0 amide bonds. The molecule has 1 saturated heterocycles. The maximum absolute atomic E-state index is 13.4. The number of nitrogens with zero attached hydrogens (tertiary/aromatic N) is 1. The molecule has 3 heteroatoms. The van der Waals surface area contributed by atoms with E-state index in [-0.39, 0.29) is 11.9 Å². The molecule has 0 aromatic heterocycles. The van der Waals surface area contributed by atoms with E-state index < -0.39 is 0 Å². The zero-order valence-corrected chi connectivity index (χ0v) is 11.9. The van der Waals surface area contributed by atoms with E-state index in [1.54, 1.807) is 6.07 Å². The van der Waals surface area contributed by atoms with Gasteiger partial charge in [0, 0.05) is 12.6 Å². The quantitative estimate of drug-likeness (QED) is 0.906. The van der Waals surface area contributed by atoms with Crippen LogP contribution in [0.2, 0.25) is 0 Å². The van der Waals surface area contributed by atoms with Crippen LogP contribution in [-0.2, 0) is 0 Å². The predicted octanol–water partition coefficient (Wildman–Crippen LogP) is 3.40. The van der Waals surface area contributed by atoms with Crippen LogP contribution in [0.1, 0.15) is 49.3 Å². The Morgan fingerprint density at radius 2 is 1.79 bits per heavy atom. The lowest BCUT2D eigenvalue weighted by atomic mass is 10.00. The van der Waals surface area contributed by atoms with Gasteiger partial charge in [-0.15, -0.1) is 0 Å². The smallest absolute Gasteiger partial charge is 0.126 e. The number of aryl methyl sites for hydroxylation is 1. The van der Waals surface area contributed by atoms with Crippen LogP contribution in [0, 0.1) is 12.7 Å². The van der Waals surface area contributed by atoms with Crippen LogP contribution >= 0.6 is 0 Å². The van der Waals surface area contributed by atoms with Gasteiger partial charge < -0.3 is 5.73 Å². The van der Waals surface area contributed by atoms with Crippen LogP contribution in [-0.4, -0.2) is 24.5 Å². The number of rotatable bonds is 3. The molecule has 2 rings (SSSR count). The Hall–Kier alpha value is -0.930. The summed E-state index contributed by atoms with van der Waals surface area (Å²) >= 11 is 0. The minimum absolute atomic E-state index is 0.132. The first-order chi connectivity index (χ1) is 9.22. The third-order valence-electron chi connectivity index (χ3n) is 4.12. The lowest BCUT2D eigenvalue weighted by Crippen LogP contribution is -2.36. The maximum Gasteiger partial charge on any atom is 0.126 e. The van der Waals surface area contributed by atoms with E-state index in [2.05, 4.69) is 4.90 Å². The van der Waals surface area contributed by atoms with Gasteiger partial charge in [0.25, 0.3) is 0 Å². The molecule has 1 atom stereocenters. The summed E-state index contributed by atoms with van der Waals surface area (Å²) < 4.78 is 13.4. The van der Waals surface area contributed by atoms with Crippen LogP contribution in [0.4, 0.5) is 4.39 Å². The van der Waals surface area contributed by atoms with Gasteiger partial charge in [0.1, 0.15) is 5.82 Å². The fourth-order valence-electron chi connectivity index (χ4n) is 2.95. The third kappa shape index (κ3) is 3.77. The molecular formula is C16H25FN2. The average molecular weight is 264 g/mol. The van der Waals surface area contributed by atoms with E-state index in [0.717, 1.165) is 18.7 Å². The summed E-state index contributed by atoms with van der Waals surface area (Å²) in [7, 11) is 0. The molecule has 1 heterocycles. The first-order valence-electron chi connectivity index (χ1n) is 7.42. The molecule has 2 nitrogen and oxygen atoms in total. The van der Waals surface area contributed by atoms with Crippen molar-refractivity contribution in [2.24, 2.45) is 5.73 Å². The molecule has 1 aliphatic rings. The minimum Gasteiger partial charge on any atom is -0.329 e. The Morgan fingerprint density at radius 3 is 2.37 bits per heavy atom. The van der Waals surface area contributed by atoms with Gasteiger partial charge in [0.05, 0.1) is 0 Å². The van der Waals surface area contributed by atoms with Gasteiger partial charge in [-0.1, -0.05) is 31.4 Å². The predicted molar refractivity (Wildman–Crippen MR) is 77.6 cm³/mol. The molecule has 1 aromatic rings. The summed E-state index contributed by atoms with van der Waals surface area (Å²) in [6.07, 6.45) is 6.48. The van der Waals surface area contributed by atoms with E-state index in [0.29, 0.717) is 12.1 Å². The Morgan fingerprint density at radius 1 is 1.16 bits per heavy atom. The number of benzene rings is 1. The van der Waals surface area contributed by atoms with Gasteiger partial charge in [-0.3, -0.25) is 4.90 Å². The lowest BCUT2D eigenvalue weighted by Gasteiger charge is -2.32. The van der Waals surface area contributed by atoms with Crippen molar-refractivity contribution in [3.63, 3.8) is 0 Å². The molecule has 0 radical (unpaired) electrons. The number of hydrogen-bond acceptors (Lipinski definition) is 2. The van der Waals surface area contributed by atoms with E-state index in [4.69, 9.17) is 5.73 Å². The summed E-state index contributed by atoms with van der Waals surface area (Å²) in [4.78, 5) is 2.48. The van der Waals surface area contributed by atoms with E-state index in [1.807, 2.05) is 19.1 Å². The molecule has 106 valence electrons. The standard InChI is InChI=1S/C16H25FN2/c1-13-11-14(7-8-15(13)17)16(12-18)19-9-5-3-2-4-6-10-19/h7-8,11,16H,2-6,9-10,12,18H2,1H3. The molecule has 1 aromatic carbocycles. The van der Waals surface area contributed by atoms with Crippen molar-refractivity contribution < 1.29 is 4.39 Å². The lowest BCUT2D eigenvalue weighted by molar-refractivity contribution is 0.183. The van der Waals surface area contributed by atoms with Gasteiger partial charge in [-0.05, 0) is 50.0 Å². The fourth-order valence-corrected chi connectivity index (χ4v) is 2.95. The summed E-state index contributed by atoms with van der Waals surface area (Å²) in [6, 6.07) is 5.64. The summed E-state index contributed by atoms with van der Waals surface area (Å²) in [6.45, 7) is 4.64. The van der Waals surface area contributed by atoms with Gasteiger partial charge in [0.2, 0.25) is 0 Å². The Bertz CT molecular complexity index is 398. The van der Waals surface area contributed by atoms with Crippen molar-refractivity contribution in [1.29, 1.82) is 0 Å². The first-order valence-corrected chi connectivity index (χ1v) is 7.42. The van der Waals surface area contributed by atoms with Crippen LogP contribution in [0.15, 0.2) is 18.2 Å². The highest BCUT2D eigenvalue weighted by molar-refractivity contribution is 5.27. The van der Waals surface area contributed by atoms with Crippen molar-refractivity contribution in [3.8, 4) is 0 Å². The molecular weight excluding hydrogens is 239 g/mol. The monoisotopic (exact) mass is 264 g/mol. The molecule has 0 aliphatic carbocycles. The van der Waals surface area contributed by atoms with Crippen molar-refractivity contribution in [3.05, 3.63) is 35.1 Å². The Kier molecular flexibility index (Phi) is 5.34. The molecule has 19 heavy (non-hydrogen) atoms. The number of hydrogen-bond donors (Lipinski definition) is 1. The molecule has 0 saturated carbocycles. The zero-order valence-electron chi connectivity index (χ0n) is 11.9. The fraction of sp³-hybridized carbons (Fsp3) is 0.625. The van der Waals surface area contributed by atoms with Crippen molar-refractivity contribution in [2.45, 2.75) is 45.1 Å². The van der Waals surface area contributed by atoms with Crippen molar-refractivity contribution in [2.75, 3.05) is 19.6 Å². The molecule has 2 N–H and O–H groups in total. The van der Waals surface area contributed by atoms with Crippen LogP contribution < -0.4 is 5.73 Å². The second kappa shape index (κ2) is 7.01. The zero-order chi connectivity index (χ0) is 13.7.